The van der Waals surface area contributed by atoms with Gasteiger partial charge in [0, 0.05) is 25.3 Å². The average Bonchev–Trinajstić information content (AvgIpc) is 3.20. The molecule has 2 aromatic rings. The minimum Gasteiger partial charge on any atom is -0.337 e. The summed E-state index contributed by atoms with van der Waals surface area (Å²) in [6, 6.07) is 1.26. The number of hydrogen-bond donors (Lipinski definition) is 0. The molecule has 29 heavy (non-hydrogen) atoms. The Labute approximate surface area is 163 Å². The molecule has 7 nitrogen and oxygen atoms in total. The fraction of sp³-hybridized carbons (Fsp3) is 0.368. The monoisotopic (exact) mass is 407 g/mol. The number of fused-ring (bicyclic) bond motifs is 1. The maximum atomic E-state index is 13.4. The molecule has 0 aliphatic carbocycles. The van der Waals surface area contributed by atoms with Crippen molar-refractivity contribution in [2.45, 2.75) is 45.2 Å². The van der Waals surface area contributed by atoms with E-state index in [4.69, 9.17) is 4.52 Å². The van der Waals surface area contributed by atoms with Crippen LogP contribution < -0.4 is 4.90 Å². The SMILES string of the molecule is C[C@H]1Cc2noc(N3C(=O)CCC3=O)c2CN1C(=O)Cc1cc(F)c(F)c(F)c1. The van der Waals surface area contributed by atoms with E-state index >= 15 is 0 Å². The molecule has 0 unspecified atom stereocenters. The molecule has 1 aromatic heterocycles. The fourth-order valence-corrected chi connectivity index (χ4v) is 3.67. The van der Waals surface area contributed by atoms with Crippen LogP contribution in [0.3, 0.4) is 0 Å². The molecule has 0 bridgehead atoms. The molecule has 1 aromatic carbocycles. The topological polar surface area (TPSA) is 83.7 Å². The summed E-state index contributed by atoms with van der Waals surface area (Å²) in [7, 11) is 0. The van der Waals surface area contributed by atoms with Gasteiger partial charge in [-0.05, 0) is 24.6 Å². The van der Waals surface area contributed by atoms with Crippen LogP contribution in [0, 0.1) is 17.5 Å². The molecule has 2 aliphatic rings. The van der Waals surface area contributed by atoms with Gasteiger partial charge in [0.1, 0.15) is 0 Å². The smallest absolute Gasteiger partial charge is 0.246 e. The number of imide groups is 1. The molecule has 4 rings (SSSR count). The maximum absolute atomic E-state index is 13.4. The van der Waals surface area contributed by atoms with Gasteiger partial charge in [0.25, 0.3) is 0 Å². The Morgan fingerprint density at radius 3 is 2.41 bits per heavy atom. The Hall–Kier alpha value is -3.17. The largest absolute Gasteiger partial charge is 0.337 e. The van der Waals surface area contributed by atoms with Gasteiger partial charge in [-0.1, -0.05) is 5.16 Å². The molecule has 10 heteroatoms. The first kappa shape index (κ1) is 19.2. The quantitative estimate of drug-likeness (QED) is 0.576. The van der Waals surface area contributed by atoms with Crippen molar-refractivity contribution in [1.29, 1.82) is 0 Å². The highest BCUT2D eigenvalue weighted by molar-refractivity contribution is 6.19. The summed E-state index contributed by atoms with van der Waals surface area (Å²) in [6.07, 6.45) is 0.146. The van der Waals surface area contributed by atoms with Gasteiger partial charge >= 0.3 is 0 Å². The molecule has 3 amide bonds. The molecule has 0 N–H and O–H groups in total. The zero-order chi connectivity index (χ0) is 20.9. The Morgan fingerprint density at radius 1 is 1.17 bits per heavy atom. The maximum Gasteiger partial charge on any atom is 0.246 e. The van der Waals surface area contributed by atoms with Gasteiger partial charge in [-0.3, -0.25) is 14.4 Å². The lowest BCUT2D eigenvalue weighted by Crippen LogP contribution is -2.43. The Kier molecular flexibility index (Phi) is 4.64. The third-order valence-corrected chi connectivity index (χ3v) is 5.17. The Bertz CT molecular complexity index is 997. The Morgan fingerprint density at radius 2 is 1.79 bits per heavy atom. The second-order valence-electron chi connectivity index (χ2n) is 7.16. The van der Waals surface area contributed by atoms with Crippen LogP contribution in [-0.2, 0) is 33.8 Å². The summed E-state index contributed by atoms with van der Waals surface area (Å²) in [6.45, 7) is 1.80. The third-order valence-electron chi connectivity index (χ3n) is 5.17. The van der Waals surface area contributed by atoms with Crippen LogP contribution >= 0.6 is 0 Å². The van der Waals surface area contributed by atoms with Crippen LogP contribution in [-0.4, -0.2) is 33.8 Å². The number of carbonyl (C=O) groups is 3. The highest BCUT2D eigenvalue weighted by Gasteiger charge is 2.39. The summed E-state index contributed by atoms with van der Waals surface area (Å²) in [5, 5.41) is 3.93. The summed E-state index contributed by atoms with van der Waals surface area (Å²) in [5.41, 5.74) is 0.999. The van der Waals surface area contributed by atoms with Gasteiger partial charge in [0.15, 0.2) is 17.5 Å². The number of aromatic nitrogens is 1. The molecule has 0 radical (unpaired) electrons. The number of halogens is 3. The molecule has 2 aliphatic heterocycles. The molecule has 1 atom stereocenters. The minimum absolute atomic E-state index is 0.000150. The summed E-state index contributed by atoms with van der Waals surface area (Å²) in [4.78, 5) is 39.2. The lowest BCUT2D eigenvalue weighted by Gasteiger charge is -2.33. The van der Waals surface area contributed by atoms with Crippen LogP contribution in [0.4, 0.5) is 19.1 Å². The lowest BCUT2D eigenvalue weighted by molar-refractivity contribution is -0.133. The molecule has 1 fully saturated rings. The van der Waals surface area contributed by atoms with Gasteiger partial charge in [-0.15, -0.1) is 0 Å². The number of amides is 3. The third kappa shape index (κ3) is 3.28. The number of hydrogen-bond acceptors (Lipinski definition) is 5. The summed E-state index contributed by atoms with van der Waals surface area (Å²) in [5.74, 6) is -5.56. The van der Waals surface area contributed by atoms with Crippen molar-refractivity contribution in [3.63, 3.8) is 0 Å². The number of anilines is 1. The number of rotatable bonds is 3. The Balaban J connectivity index is 1.58. The zero-order valence-electron chi connectivity index (χ0n) is 15.4. The fourth-order valence-electron chi connectivity index (χ4n) is 3.67. The molecule has 1 saturated heterocycles. The average molecular weight is 407 g/mol. The second-order valence-corrected chi connectivity index (χ2v) is 7.16. The van der Waals surface area contributed by atoms with E-state index in [-0.39, 0.29) is 43.3 Å². The van der Waals surface area contributed by atoms with Crippen LogP contribution in [0.25, 0.3) is 0 Å². The predicted octanol–water partition coefficient (Wildman–Crippen LogP) is 2.26. The van der Waals surface area contributed by atoms with Crippen molar-refractivity contribution >= 4 is 23.6 Å². The first-order chi connectivity index (χ1) is 13.8. The van der Waals surface area contributed by atoms with Crippen molar-refractivity contribution < 1.29 is 32.1 Å². The highest BCUT2D eigenvalue weighted by atomic mass is 19.2. The van der Waals surface area contributed by atoms with Crippen molar-refractivity contribution in [2.75, 3.05) is 4.90 Å². The molecule has 3 heterocycles. The number of nitrogens with zero attached hydrogens (tertiary/aromatic N) is 3. The summed E-state index contributed by atoms with van der Waals surface area (Å²) >= 11 is 0. The number of carbonyl (C=O) groups excluding carboxylic acids is 3. The normalized spacial score (nSPS) is 19.1. The molecule has 152 valence electrons. The van der Waals surface area contributed by atoms with Crippen LogP contribution in [0.15, 0.2) is 16.7 Å². The minimum atomic E-state index is -1.59. The summed E-state index contributed by atoms with van der Waals surface area (Å²) < 4.78 is 45.2. The first-order valence-electron chi connectivity index (χ1n) is 9.02. The van der Waals surface area contributed by atoms with Crippen molar-refractivity contribution in [1.82, 2.24) is 10.1 Å². The lowest BCUT2D eigenvalue weighted by atomic mass is 9.99. The van der Waals surface area contributed by atoms with Gasteiger partial charge in [-0.25, -0.2) is 18.1 Å². The van der Waals surface area contributed by atoms with Crippen LogP contribution in [0.5, 0.6) is 0 Å². The van der Waals surface area contributed by atoms with E-state index in [0.29, 0.717) is 17.7 Å². The van der Waals surface area contributed by atoms with Gasteiger partial charge in [0.05, 0.1) is 24.2 Å². The van der Waals surface area contributed by atoms with Crippen molar-refractivity contribution in [2.24, 2.45) is 0 Å². The van der Waals surface area contributed by atoms with Gasteiger partial charge < -0.3 is 9.42 Å². The molecular formula is C19H16F3N3O4. The standard InChI is InChI=1S/C19H16F3N3O4/c1-9-4-14-11(19(29-23-14)25-15(26)2-3-16(25)27)8-24(9)17(28)7-10-5-12(20)18(22)13(21)6-10/h5-6,9H,2-4,7-8H2,1H3/t9-/m0/s1. The van der Waals surface area contributed by atoms with E-state index in [2.05, 4.69) is 5.16 Å². The molecule has 0 spiro atoms. The van der Waals surface area contributed by atoms with E-state index in [0.717, 1.165) is 17.0 Å². The zero-order valence-corrected chi connectivity index (χ0v) is 15.4. The van der Waals surface area contributed by atoms with E-state index in [1.807, 2.05) is 0 Å². The van der Waals surface area contributed by atoms with Gasteiger partial charge in [-0.2, -0.15) is 0 Å². The van der Waals surface area contributed by atoms with E-state index in [1.54, 1.807) is 6.92 Å². The van der Waals surface area contributed by atoms with Gasteiger partial charge in [0.2, 0.25) is 23.6 Å². The van der Waals surface area contributed by atoms with E-state index in [9.17, 15) is 27.6 Å². The number of benzene rings is 1. The second kappa shape index (κ2) is 7.02. The highest BCUT2D eigenvalue weighted by Crippen LogP contribution is 2.34. The van der Waals surface area contributed by atoms with Crippen LogP contribution in [0.2, 0.25) is 0 Å². The van der Waals surface area contributed by atoms with Crippen molar-refractivity contribution in [3.05, 3.63) is 46.4 Å². The van der Waals surface area contributed by atoms with E-state index < -0.39 is 35.2 Å². The van der Waals surface area contributed by atoms with E-state index in [1.165, 1.54) is 4.90 Å². The van der Waals surface area contributed by atoms with Crippen LogP contribution in [0.1, 0.15) is 36.6 Å². The molecular weight excluding hydrogens is 391 g/mol. The molecule has 0 saturated carbocycles. The predicted molar refractivity (Wildman–Crippen MR) is 92.0 cm³/mol. The first-order valence-corrected chi connectivity index (χ1v) is 9.02. The van der Waals surface area contributed by atoms with Crippen molar-refractivity contribution in [3.8, 4) is 0 Å².